The number of ketones is 1. The molecule has 1 aliphatic rings. The van der Waals surface area contributed by atoms with E-state index in [0.717, 1.165) is 25.8 Å². The van der Waals surface area contributed by atoms with Crippen LogP contribution in [0.4, 0.5) is 0 Å². The second kappa shape index (κ2) is 8.28. The van der Waals surface area contributed by atoms with Crippen molar-refractivity contribution in [3.8, 4) is 0 Å². The molecule has 4 heteroatoms. The number of carbonyl (C=O) groups excluding carboxylic acids is 2. The quantitative estimate of drug-likeness (QED) is 0.497. The van der Waals surface area contributed by atoms with Gasteiger partial charge < -0.3 is 9.64 Å². The number of ether oxygens (including phenoxy) is 1. The Morgan fingerprint density at radius 3 is 2.29 bits per heavy atom. The lowest BCUT2D eigenvalue weighted by Crippen LogP contribution is -2.33. The number of Topliss-reactive ketones (excluding diaryl/α,β-unsaturated/α-hetero) is 1. The monoisotopic (exact) mass is 337 g/mol. The van der Waals surface area contributed by atoms with Crippen molar-refractivity contribution in [2.45, 2.75) is 72.8 Å². The van der Waals surface area contributed by atoms with Gasteiger partial charge in [-0.2, -0.15) is 0 Å². The van der Waals surface area contributed by atoms with Gasteiger partial charge in [-0.05, 0) is 39.0 Å². The highest BCUT2D eigenvalue weighted by Crippen LogP contribution is 2.36. The first kappa shape index (κ1) is 20.9. The lowest BCUT2D eigenvalue weighted by molar-refractivity contribution is -0.138. The van der Waals surface area contributed by atoms with Crippen molar-refractivity contribution < 1.29 is 14.3 Å². The van der Waals surface area contributed by atoms with Gasteiger partial charge in [0.2, 0.25) is 5.91 Å². The highest BCUT2D eigenvalue weighted by molar-refractivity contribution is 5.83. The Balaban J connectivity index is 2.24. The highest BCUT2D eigenvalue weighted by atomic mass is 16.5. The number of carbonyl (C=O) groups is 2. The van der Waals surface area contributed by atoms with Crippen molar-refractivity contribution in [3.63, 3.8) is 0 Å². The molecule has 0 saturated carbocycles. The predicted molar refractivity (Wildman–Crippen MR) is 97.8 cm³/mol. The molecule has 0 radical (unpaired) electrons. The fraction of sp³-hybridized carbons (Fsp3) is 0.800. The Morgan fingerprint density at radius 2 is 1.79 bits per heavy atom. The lowest BCUT2D eigenvalue weighted by atomic mass is 9.78. The van der Waals surface area contributed by atoms with Crippen LogP contribution in [0.5, 0.6) is 0 Å². The summed E-state index contributed by atoms with van der Waals surface area (Å²) in [6.07, 6.45) is 3.27. The Kier molecular flexibility index (Phi) is 7.21. The second-order valence-electron chi connectivity index (χ2n) is 8.58. The minimum absolute atomic E-state index is 0.0420. The average Bonchev–Trinajstić information content (AvgIpc) is 2.84. The van der Waals surface area contributed by atoms with Gasteiger partial charge in [-0.3, -0.25) is 9.59 Å². The maximum Gasteiger partial charge on any atom is 0.222 e. The summed E-state index contributed by atoms with van der Waals surface area (Å²) in [7, 11) is 0. The molecule has 1 amide bonds. The fourth-order valence-corrected chi connectivity index (χ4v) is 2.99. The molecule has 0 aromatic carbocycles. The second-order valence-corrected chi connectivity index (χ2v) is 8.58. The van der Waals surface area contributed by atoms with Gasteiger partial charge in [-0.25, -0.2) is 0 Å². The molecule has 1 heterocycles. The van der Waals surface area contributed by atoms with E-state index in [9.17, 15) is 9.59 Å². The number of likely N-dealkylation sites (tertiary alicyclic amines) is 1. The van der Waals surface area contributed by atoms with E-state index in [-0.39, 0.29) is 17.1 Å². The van der Waals surface area contributed by atoms with Gasteiger partial charge >= 0.3 is 0 Å². The van der Waals surface area contributed by atoms with E-state index in [0.29, 0.717) is 25.5 Å². The zero-order chi connectivity index (χ0) is 18.5. The van der Waals surface area contributed by atoms with Crippen molar-refractivity contribution in [1.29, 1.82) is 0 Å². The van der Waals surface area contributed by atoms with Crippen LogP contribution < -0.4 is 0 Å². The van der Waals surface area contributed by atoms with Gasteiger partial charge in [0.1, 0.15) is 5.60 Å². The van der Waals surface area contributed by atoms with Crippen LogP contribution in [0.25, 0.3) is 0 Å². The molecule has 138 valence electrons. The van der Waals surface area contributed by atoms with E-state index in [1.807, 2.05) is 4.90 Å². The van der Waals surface area contributed by atoms with Crippen molar-refractivity contribution in [1.82, 2.24) is 4.90 Å². The molecule has 0 aromatic heterocycles. The molecule has 0 bridgehead atoms. The zero-order valence-electron chi connectivity index (χ0n) is 16.4. The van der Waals surface area contributed by atoms with Crippen LogP contribution in [0.1, 0.15) is 67.2 Å². The number of hydrogen-bond donors (Lipinski definition) is 0. The molecule has 1 saturated heterocycles. The average molecular weight is 338 g/mol. The minimum Gasteiger partial charge on any atom is -0.368 e. The van der Waals surface area contributed by atoms with E-state index in [1.165, 1.54) is 5.57 Å². The Labute approximate surface area is 147 Å². The summed E-state index contributed by atoms with van der Waals surface area (Å²) in [5.74, 6) is 0.664. The van der Waals surface area contributed by atoms with Crippen LogP contribution in [0.15, 0.2) is 12.2 Å². The van der Waals surface area contributed by atoms with Crippen LogP contribution in [0, 0.1) is 11.3 Å². The first-order valence-electron chi connectivity index (χ1n) is 9.05. The first-order chi connectivity index (χ1) is 10.9. The third-order valence-electron chi connectivity index (χ3n) is 5.03. The predicted octanol–water partition coefficient (Wildman–Crippen LogP) is 3.99. The van der Waals surface area contributed by atoms with Crippen molar-refractivity contribution in [3.05, 3.63) is 12.2 Å². The fourth-order valence-electron chi connectivity index (χ4n) is 2.99. The van der Waals surface area contributed by atoms with Gasteiger partial charge in [0.15, 0.2) is 5.78 Å². The van der Waals surface area contributed by atoms with Gasteiger partial charge in [0.25, 0.3) is 0 Å². The standard InChI is InChI=1S/C20H35NO3/c1-15-13-21(14-17(15)19(3,4)5)18(23)11-9-8-10-12-24-20(6,7)16(2)22/h17H,1,8-14H2,2-7H3. The molecule has 4 nitrogen and oxygen atoms in total. The largest absolute Gasteiger partial charge is 0.368 e. The van der Waals surface area contributed by atoms with Crippen LogP contribution in [0.2, 0.25) is 0 Å². The SMILES string of the molecule is C=C1CN(C(=O)CCCCCOC(C)(C)C(C)=O)CC1C(C)(C)C. The minimum atomic E-state index is -0.701. The molecular formula is C20H35NO3. The maximum absolute atomic E-state index is 12.4. The normalized spacial score (nSPS) is 19.0. The molecule has 1 unspecified atom stereocenters. The zero-order valence-corrected chi connectivity index (χ0v) is 16.4. The molecule has 1 rings (SSSR count). The summed E-state index contributed by atoms with van der Waals surface area (Å²) in [5.41, 5.74) is 0.636. The number of hydrogen-bond acceptors (Lipinski definition) is 3. The number of rotatable bonds is 8. The smallest absolute Gasteiger partial charge is 0.222 e. The van der Waals surface area contributed by atoms with Crippen molar-refractivity contribution >= 4 is 11.7 Å². The van der Waals surface area contributed by atoms with Gasteiger partial charge in [0, 0.05) is 32.0 Å². The van der Waals surface area contributed by atoms with E-state index in [2.05, 4.69) is 27.4 Å². The first-order valence-corrected chi connectivity index (χ1v) is 9.05. The number of amides is 1. The molecule has 0 spiro atoms. The summed E-state index contributed by atoms with van der Waals surface area (Å²) < 4.78 is 5.61. The third kappa shape index (κ3) is 6.04. The van der Waals surface area contributed by atoms with Gasteiger partial charge in [-0.1, -0.05) is 39.3 Å². The molecule has 24 heavy (non-hydrogen) atoms. The van der Waals surface area contributed by atoms with Crippen molar-refractivity contribution in [2.75, 3.05) is 19.7 Å². The third-order valence-corrected chi connectivity index (χ3v) is 5.03. The summed E-state index contributed by atoms with van der Waals surface area (Å²) in [6.45, 7) is 18.0. The van der Waals surface area contributed by atoms with E-state index in [4.69, 9.17) is 4.74 Å². The Morgan fingerprint density at radius 1 is 1.17 bits per heavy atom. The Hall–Kier alpha value is -1.16. The van der Waals surface area contributed by atoms with E-state index >= 15 is 0 Å². The van der Waals surface area contributed by atoms with Crippen LogP contribution in [0.3, 0.4) is 0 Å². The highest BCUT2D eigenvalue weighted by Gasteiger charge is 2.36. The van der Waals surface area contributed by atoms with Crippen molar-refractivity contribution in [2.24, 2.45) is 11.3 Å². The number of unbranched alkanes of at least 4 members (excludes halogenated alkanes) is 2. The maximum atomic E-state index is 12.4. The molecular weight excluding hydrogens is 302 g/mol. The summed E-state index contributed by atoms with van der Waals surface area (Å²) in [6, 6.07) is 0. The van der Waals surface area contributed by atoms with Gasteiger partial charge in [0.05, 0.1) is 0 Å². The lowest BCUT2D eigenvalue weighted by Gasteiger charge is -2.27. The summed E-state index contributed by atoms with van der Waals surface area (Å²) in [4.78, 5) is 25.7. The molecule has 1 fully saturated rings. The molecule has 0 aliphatic carbocycles. The van der Waals surface area contributed by atoms with E-state index in [1.54, 1.807) is 20.8 Å². The number of nitrogens with zero attached hydrogens (tertiary/aromatic N) is 1. The molecule has 1 atom stereocenters. The van der Waals surface area contributed by atoms with Crippen LogP contribution >= 0.6 is 0 Å². The van der Waals surface area contributed by atoms with Crippen LogP contribution in [-0.4, -0.2) is 41.9 Å². The summed E-state index contributed by atoms with van der Waals surface area (Å²) in [5, 5.41) is 0. The van der Waals surface area contributed by atoms with E-state index < -0.39 is 5.60 Å². The Bertz CT molecular complexity index is 474. The van der Waals surface area contributed by atoms with Crippen LogP contribution in [-0.2, 0) is 14.3 Å². The van der Waals surface area contributed by atoms with Gasteiger partial charge in [-0.15, -0.1) is 0 Å². The topological polar surface area (TPSA) is 46.6 Å². The molecule has 0 N–H and O–H groups in total. The summed E-state index contributed by atoms with van der Waals surface area (Å²) >= 11 is 0. The molecule has 1 aliphatic heterocycles. The molecule has 0 aromatic rings.